The lowest BCUT2D eigenvalue weighted by molar-refractivity contribution is -0.133. The molecule has 0 aromatic heterocycles. The lowest BCUT2D eigenvalue weighted by Gasteiger charge is -1.99. The smallest absolute Gasteiger partial charge is 0.373 e. The first kappa shape index (κ1) is 24.3. The van der Waals surface area contributed by atoms with E-state index in [0.717, 1.165) is 32.1 Å². The van der Waals surface area contributed by atoms with Crippen molar-refractivity contribution in [3.05, 3.63) is 24.3 Å². The van der Waals surface area contributed by atoms with Crippen molar-refractivity contribution in [2.24, 2.45) is 0 Å². The van der Waals surface area contributed by atoms with Gasteiger partial charge in [-0.2, -0.15) is 0 Å². The Morgan fingerprint density at radius 1 is 0.870 bits per heavy atom. The van der Waals surface area contributed by atoms with Crippen molar-refractivity contribution in [1.82, 2.24) is 6.15 Å². The van der Waals surface area contributed by atoms with Gasteiger partial charge < -0.3 is 10.7 Å². The van der Waals surface area contributed by atoms with Crippen molar-refractivity contribution in [2.45, 2.75) is 84.0 Å². The molecule has 0 aliphatic carbocycles. The Kier molecular flexibility index (Phi) is 22.2. The van der Waals surface area contributed by atoms with E-state index in [4.69, 9.17) is 0 Å². The number of unbranched alkanes of at least 4 members (excludes halogenated alkanes) is 8. The topological polar surface area (TPSA) is 78.4 Å². The molecule has 0 aliphatic heterocycles. The summed E-state index contributed by atoms with van der Waals surface area (Å²) in [6.07, 6.45) is 22.2. The van der Waals surface area contributed by atoms with E-state index in [1.54, 1.807) is 0 Å². The quantitative estimate of drug-likeness (QED) is 0.203. The minimum absolute atomic E-state index is 0. The van der Waals surface area contributed by atoms with Gasteiger partial charge in [0.1, 0.15) is 0 Å². The van der Waals surface area contributed by atoms with Crippen molar-refractivity contribution in [1.29, 1.82) is 0 Å². The van der Waals surface area contributed by atoms with Gasteiger partial charge in [-0.15, -0.1) is 0 Å². The zero-order valence-electron chi connectivity index (χ0n) is 14.7. The summed E-state index contributed by atoms with van der Waals surface area (Å²) in [6, 6.07) is 0. The van der Waals surface area contributed by atoms with Crippen molar-refractivity contribution in [3.63, 3.8) is 0 Å². The summed E-state index contributed by atoms with van der Waals surface area (Å²) in [6.45, 7) is 2.23. The maximum Gasteiger partial charge on any atom is 0.398 e. The molecule has 5 heteroatoms. The minimum Gasteiger partial charge on any atom is -0.373 e. The largest absolute Gasteiger partial charge is 0.398 e. The summed E-state index contributed by atoms with van der Waals surface area (Å²) >= 11 is 0. The average molecular weight is 343 g/mol. The van der Waals surface area contributed by atoms with Crippen molar-refractivity contribution >= 4 is 14.7 Å². The van der Waals surface area contributed by atoms with Crippen LogP contribution in [0.1, 0.15) is 84.0 Å². The number of allylic oxidation sites excluding steroid dienone is 4. The summed E-state index contributed by atoms with van der Waals surface area (Å²) in [7, 11) is -0.539. The van der Waals surface area contributed by atoms with Crippen LogP contribution in [0.4, 0.5) is 0 Å². The third-order valence-corrected chi connectivity index (χ3v) is 3.75. The molecule has 0 bridgehead atoms. The van der Waals surface area contributed by atoms with Gasteiger partial charge in [0.05, 0.1) is 0 Å². The summed E-state index contributed by atoms with van der Waals surface area (Å²) in [4.78, 5) is 10.9. The second-order valence-corrected chi connectivity index (χ2v) is 5.85. The third kappa shape index (κ3) is 21.0. The predicted molar refractivity (Wildman–Crippen MR) is 98.1 cm³/mol. The Hall–Kier alpha value is -0.990. The number of carbonyl (C=O) groups excluding carboxylic acids is 1. The predicted octanol–water partition coefficient (Wildman–Crippen LogP) is 6.71. The standard InChI is InChI=1S/C18H31O3P.H3N/c1-2-3-4-5-6-7-8-9-10-11-12-13-14-15-16-17-18(19)21-22-20;/h6-7,9-10H,2-5,8,11-17H2,1H3;1H3/b7-6-,10-9-;. The molecular formula is C18H34NO3P. The molecule has 0 saturated carbocycles. The molecular weight excluding hydrogens is 309 g/mol. The SMILES string of the molecule is CCCCC/C=C\C/C=C\CCCCCCCC(=O)OP=O.N. The molecule has 0 aromatic rings. The highest BCUT2D eigenvalue weighted by molar-refractivity contribution is 7.18. The van der Waals surface area contributed by atoms with Crippen LogP contribution in [0.3, 0.4) is 0 Å². The Morgan fingerprint density at radius 2 is 1.43 bits per heavy atom. The molecule has 0 radical (unpaired) electrons. The lowest BCUT2D eigenvalue weighted by Crippen LogP contribution is -1.95. The average Bonchev–Trinajstić information content (AvgIpc) is 2.51. The van der Waals surface area contributed by atoms with Gasteiger partial charge in [0.2, 0.25) is 0 Å². The first-order valence-electron chi connectivity index (χ1n) is 8.63. The van der Waals surface area contributed by atoms with E-state index in [9.17, 15) is 9.36 Å². The second-order valence-electron chi connectivity index (χ2n) is 5.52. The Bertz CT molecular complexity index is 330. The number of rotatable bonds is 15. The summed E-state index contributed by atoms with van der Waals surface area (Å²) in [5, 5.41) is 0. The molecule has 3 N–H and O–H groups in total. The molecule has 0 unspecified atom stereocenters. The normalized spacial score (nSPS) is 11.2. The molecule has 0 fully saturated rings. The van der Waals surface area contributed by atoms with Crippen LogP contribution >= 0.6 is 8.69 Å². The van der Waals surface area contributed by atoms with Gasteiger partial charge in [-0.25, -0.2) is 4.57 Å². The highest BCUT2D eigenvalue weighted by Crippen LogP contribution is 2.09. The fourth-order valence-corrected chi connectivity index (χ4v) is 2.34. The Labute approximate surface area is 143 Å². The zero-order chi connectivity index (χ0) is 16.3. The zero-order valence-corrected chi connectivity index (χ0v) is 15.6. The van der Waals surface area contributed by atoms with Gasteiger partial charge in [-0.3, -0.25) is 4.79 Å². The molecule has 134 valence electrons. The molecule has 0 aliphatic rings. The first-order valence-corrected chi connectivity index (χ1v) is 9.36. The Balaban J connectivity index is 0. The Morgan fingerprint density at radius 3 is 2.04 bits per heavy atom. The van der Waals surface area contributed by atoms with Gasteiger partial charge in [0.15, 0.2) is 0 Å². The molecule has 23 heavy (non-hydrogen) atoms. The van der Waals surface area contributed by atoms with Crippen LogP contribution in [0.25, 0.3) is 0 Å². The third-order valence-electron chi connectivity index (χ3n) is 3.47. The van der Waals surface area contributed by atoms with E-state index >= 15 is 0 Å². The van der Waals surface area contributed by atoms with E-state index in [0.29, 0.717) is 6.42 Å². The van der Waals surface area contributed by atoms with Gasteiger partial charge in [-0.1, -0.05) is 63.3 Å². The summed E-state index contributed by atoms with van der Waals surface area (Å²) in [5.74, 6) is -0.373. The van der Waals surface area contributed by atoms with E-state index in [-0.39, 0.29) is 12.1 Å². The van der Waals surface area contributed by atoms with Crippen LogP contribution in [-0.2, 0) is 13.9 Å². The second kappa shape index (κ2) is 21.0. The number of hydrogen-bond acceptors (Lipinski definition) is 4. The van der Waals surface area contributed by atoms with Crippen molar-refractivity contribution in [2.75, 3.05) is 0 Å². The number of carbonyl (C=O) groups is 1. The number of hydrogen-bond donors (Lipinski definition) is 1. The van der Waals surface area contributed by atoms with Gasteiger partial charge in [-0.05, 0) is 38.5 Å². The maximum absolute atomic E-state index is 10.9. The maximum atomic E-state index is 10.9. The molecule has 0 saturated heterocycles. The monoisotopic (exact) mass is 343 g/mol. The van der Waals surface area contributed by atoms with Crippen LogP contribution < -0.4 is 6.15 Å². The van der Waals surface area contributed by atoms with Crippen LogP contribution in [0.15, 0.2) is 24.3 Å². The summed E-state index contributed by atoms with van der Waals surface area (Å²) in [5.41, 5.74) is 0. The van der Waals surface area contributed by atoms with Crippen LogP contribution in [0.2, 0.25) is 0 Å². The van der Waals surface area contributed by atoms with Crippen LogP contribution in [0, 0.1) is 0 Å². The summed E-state index contributed by atoms with van der Waals surface area (Å²) < 4.78 is 14.3. The van der Waals surface area contributed by atoms with Gasteiger partial charge in [0.25, 0.3) is 0 Å². The highest BCUT2D eigenvalue weighted by Gasteiger charge is 2.01. The molecule has 0 amide bonds. The van der Waals surface area contributed by atoms with E-state index < -0.39 is 8.69 Å². The van der Waals surface area contributed by atoms with Crippen LogP contribution in [-0.4, -0.2) is 5.97 Å². The first-order chi connectivity index (χ1) is 10.8. The van der Waals surface area contributed by atoms with E-state index in [1.807, 2.05) is 0 Å². The van der Waals surface area contributed by atoms with E-state index in [2.05, 4.69) is 35.8 Å². The molecule has 0 atom stereocenters. The molecule has 4 nitrogen and oxygen atoms in total. The van der Waals surface area contributed by atoms with Crippen molar-refractivity contribution < 1.29 is 13.9 Å². The molecule has 0 aromatic carbocycles. The minimum atomic E-state index is -0.539. The highest BCUT2D eigenvalue weighted by atomic mass is 31.1. The molecule has 0 spiro atoms. The molecule has 0 heterocycles. The molecule has 0 rings (SSSR count). The fraction of sp³-hybridized carbons (Fsp3) is 0.722. The fourth-order valence-electron chi connectivity index (χ4n) is 2.17. The van der Waals surface area contributed by atoms with Gasteiger partial charge in [0, 0.05) is 6.42 Å². The van der Waals surface area contributed by atoms with Crippen molar-refractivity contribution in [3.8, 4) is 0 Å². The lowest BCUT2D eigenvalue weighted by atomic mass is 10.1. The van der Waals surface area contributed by atoms with Gasteiger partial charge >= 0.3 is 14.7 Å². The van der Waals surface area contributed by atoms with E-state index in [1.165, 1.54) is 38.5 Å². The van der Waals surface area contributed by atoms with Crippen LogP contribution in [0.5, 0.6) is 0 Å².